The summed E-state index contributed by atoms with van der Waals surface area (Å²) in [4.78, 5) is 12.0. The Bertz CT molecular complexity index is 445. The zero-order chi connectivity index (χ0) is 13.8. The van der Waals surface area contributed by atoms with Gasteiger partial charge in [-0.3, -0.25) is 4.79 Å². The highest BCUT2D eigenvalue weighted by Crippen LogP contribution is 2.24. The van der Waals surface area contributed by atoms with Crippen molar-refractivity contribution in [3.05, 3.63) is 28.8 Å². The molecule has 0 radical (unpaired) electrons. The summed E-state index contributed by atoms with van der Waals surface area (Å²) in [6.45, 7) is 0.492. The Morgan fingerprint density at radius 1 is 1.37 bits per heavy atom. The van der Waals surface area contributed by atoms with Crippen LogP contribution < -0.4 is 11.1 Å². The van der Waals surface area contributed by atoms with Crippen molar-refractivity contribution >= 4 is 23.2 Å². The van der Waals surface area contributed by atoms with Gasteiger partial charge < -0.3 is 16.2 Å². The second-order valence-corrected chi connectivity index (χ2v) is 5.53. The topological polar surface area (TPSA) is 75.4 Å². The molecule has 0 aliphatic heterocycles. The number of rotatable bonds is 3. The van der Waals surface area contributed by atoms with E-state index in [-0.39, 0.29) is 17.9 Å². The second-order valence-electron chi connectivity index (χ2n) is 5.10. The number of hydrogen-bond acceptors (Lipinski definition) is 3. The number of nitrogens with one attached hydrogen (secondary N) is 1. The van der Waals surface area contributed by atoms with E-state index < -0.39 is 0 Å². The Balaban J connectivity index is 1.93. The maximum absolute atomic E-state index is 12.0. The minimum absolute atomic E-state index is 0.147. The van der Waals surface area contributed by atoms with E-state index >= 15 is 0 Å². The lowest BCUT2D eigenvalue weighted by Gasteiger charge is -2.27. The molecule has 0 saturated heterocycles. The zero-order valence-corrected chi connectivity index (χ0v) is 11.5. The average molecular weight is 283 g/mol. The molecular formula is C14H19ClN2O2. The summed E-state index contributed by atoms with van der Waals surface area (Å²) in [6.07, 6.45) is 3.65. The average Bonchev–Trinajstić information content (AvgIpc) is 2.36. The van der Waals surface area contributed by atoms with Gasteiger partial charge in [0.05, 0.1) is 6.10 Å². The van der Waals surface area contributed by atoms with Crippen LogP contribution in [-0.4, -0.2) is 23.7 Å². The first-order valence-electron chi connectivity index (χ1n) is 6.58. The van der Waals surface area contributed by atoms with Crippen LogP contribution in [-0.2, 0) is 0 Å². The summed E-state index contributed by atoms with van der Waals surface area (Å²) >= 11 is 5.87. The molecule has 1 aliphatic carbocycles. The van der Waals surface area contributed by atoms with Crippen LogP contribution in [0.4, 0.5) is 5.69 Å². The number of aliphatic hydroxyl groups is 1. The van der Waals surface area contributed by atoms with Crippen LogP contribution in [0.3, 0.4) is 0 Å². The molecule has 1 aromatic carbocycles. The Kier molecular flexibility index (Phi) is 4.66. The number of aliphatic hydroxyl groups excluding tert-OH is 1. The van der Waals surface area contributed by atoms with Crippen molar-refractivity contribution in [2.75, 3.05) is 12.3 Å². The maximum atomic E-state index is 12.0. The molecule has 0 spiro atoms. The second kappa shape index (κ2) is 6.26. The lowest BCUT2D eigenvalue weighted by atomic mass is 9.86. The maximum Gasteiger partial charge on any atom is 0.251 e. The van der Waals surface area contributed by atoms with Crippen LogP contribution in [0, 0.1) is 5.92 Å². The normalized spacial score (nSPS) is 23.1. The molecule has 0 aromatic heterocycles. The summed E-state index contributed by atoms with van der Waals surface area (Å²) in [6, 6.07) is 4.78. The number of nitrogens with two attached hydrogens (primary N) is 1. The van der Waals surface area contributed by atoms with Gasteiger partial charge in [0, 0.05) is 28.7 Å². The fourth-order valence-corrected chi connectivity index (χ4v) is 2.74. The first-order chi connectivity index (χ1) is 9.06. The third-order valence-corrected chi connectivity index (χ3v) is 3.79. The van der Waals surface area contributed by atoms with E-state index in [0.717, 1.165) is 25.7 Å². The number of anilines is 1. The van der Waals surface area contributed by atoms with E-state index in [4.69, 9.17) is 17.3 Å². The molecule has 4 nitrogen and oxygen atoms in total. The third-order valence-electron chi connectivity index (χ3n) is 3.58. The minimum Gasteiger partial charge on any atom is -0.399 e. The Hall–Kier alpha value is -1.26. The monoisotopic (exact) mass is 282 g/mol. The first kappa shape index (κ1) is 14.2. The van der Waals surface area contributed by atoms with Crippen LogP contribution >= 0.6 is 11.6 Å². The van der Waals surface area contributed by atoms with E-state index in [2.05, 4.69) is 5.32 Å². The smallest absolute Gasteiger partial charge is 0.251 e. The van der Waals surface area contributed by atoms with Crippen LogP contribution in [0.1, 0.15) is 36.0 Å². The van der Waals surface area contributed by atoms with Gasteiger partial charge in [-0.25, -0.2) is 0 Å². The van der Waals surface area contributed by atoms with E-state index in [0.29, 0.717) is 22.8 Å². The molecule has 19 heavy (non-hydrogen) atoms. The van der Waals surface area contributed by atoms with Crippen molar-refractivity contribution in [2.24, 2.45) is 5.92 Å². The molecule has 104 valence electrons. The summed E-state index contributed by atoms with van der Waals surface area (Å²) in [5.41, 5.74) is 6.58. The molecule has 1 aromatic rings. The zero-order valence-electron chi connectivity index (χ0n) is 10.7. The number of hydrogen-bond donors (Lipinski definition) is 3. The summed E-state index contributed by atoms with van der Waals surface area (Å²) < 4.78 is 0. The summed E-state index contributed by atoms with van der Waals surface area (Å²) in [7, 11) is 0. The number of halogens is 1. The van der Waals surface area contributed by atoms with Crippen LogP contribution in [0.2, 0.25) is 5.02 Å². The van der Waals surface area contributed by atoms with Crippen molar-refractivity contribution in [1.82, 2.24) is 5.32 Å². The van der Waals surface area contributed by atoms with Gasteiger partial charge in [0.1, 0.15) is 0 Å². The van der Waals surface area contributed by atoms with Gasteiger partial charge in [-0.2, -0.15) is 0 Å². The van der Waals surface area contributed by atoms with E-state index in [1.165, 1.54) is 0 Å². The van der Waals surface area contributed by atoms with Crippen molar-refractivity contribution in [1.29, 1.82) is 0 Å². The molecular weight excluding hydrogens is 264 g/mol. The Morgan fingerprint density at radius 3 is 2.79 bits per heavy atom. The van der Waals surface area contributed by atoms with E-state index in [1.807, 2.05) is 0 Å². The first-order valence-corrected chi connectivity index (χ1v) is 6.96. The van der Waals surface area contributed by atoms with Gasteiger partial charge in [0.2, 0.25) is 0 Å². The fraction of sp³-hybridized carbons (Fsp3) is 0.500. The van der Waals surface area contributed by atoms with Gasteiger partial charge in [0.15, 0.2) is 0 Å². The molecule has 5 heteroatoms. The Morgan fingerprint density at radius 2 is 2.11 bits per heavy atom. The number of carbonyl (C=O) groups excluding carboxylic acids is 1. The molecule has 2 rings (SSSR count). The number of nitrogen functional groups attached to an aromatic ring is 1. The minimum atomic E-state index is -0.307. The standard InChI is InChI=1S/C14H19ClN2O2/c15-11-5-10(6-12(16)7-11)14(19)17-8-9-3-1-2-4-13(9)18/h5-7,9,13,18H,1-4,8,16H2,(H,17,19). The van der Waals surface area contributed by atoms with Crippen molar-refractivity contribution in [3.63, 3.8) is 0 Å². The molecule has 1 aliphatic rings. The van der Waals surface area contributed by atoms with E-state index in [9.17, 15) is 9.90 Å². The van der Waals surface area contributed by atoms with Crippen LogP contribution in [0.5, 0.6) is 0 Å². The molecule has 1 saturated carbocycles. The van der Waals surface area contributed by atoms with Gasteiger partial charge in [-0.15, -0.1) is 0 Å². The predicted octanol–water partition coefficient (Wildman–Crippen LogP) is 2.20. The van der Waals surface area contributed by atoms with Gasteiger partial charge in [-0.05, 0) is 31.0 Å². The highest BCUT2D eigenvalue weighted by atomic mass is 35.5. The Labute approximate surface area is 117 Å². The van der Waals surface area contributed by atoms with Crippen molar-refractivity contribution < 1.29 is 9.90 Å². The third kappa shape index (κ3) is 3.85. The van der Waals surface area contributed by atoms with Crippen LogP contribution in [0.15, 0.2) is 18.2 Å². The summed E-state index contributed by atoms with van der Waals surface area (Å²) in [5.74, 6) is -0.0544. The molecule has 1 amide bonds. The van der Waals surface area contributed by atoms with Gasteiger partial charge in [0.25, 0.3) is 5.91 Å². The van der Waals surface area contributed by atoms with E-state index in [1.54, 1.807) is 18.2 Å². The lowest BCUT2D eigenvalue weighted by Crippen LogP contribution is -2.36. The quantitative estimate of drug-likeness (QED) is 0.744. The number of carbonyl (C=O) groups is 1. The largest absolute Gasteiger partial charge is 0.399 e. The molecule has 2 unspecified atom stereocenters. The molecule has 0 heterocycles. The summed E-state index contributed by atoms with van der Waals surface area (Å²) in [5, 5.41) is 13.1. The highest BCUT2D eigenvalue weighted by Gasteiger charge is 2.23. The van der Waals surface area contributed by atoms with Crippen LogP contribution in [0.25, 0.3) is 0 Å². The van der Waals surface area contributed by atoms with Crippen molar-refractivity contribution in [3.8, 4) is 0 Å². The molecule has 1 fully saturated rings. The fourth-order valence-electron chi connectivity index (χ4n) is 2.50. The van der Waals surface area contributed by atoms with Crippen molar-refractivity contribution in [2.45, 2.75) is 31.8 Å². The van der Waals surface area contributed by atoms with Gasteiger partial charge >= 0.3 is 0 Å². The predicted molar refractivity (Wildman–Crippen MR) is 76.2 cm³/mol. The number of benzene rings is 1. The van der Waals surface area contributed by atoms with Gasteiger partial charge in [-0.1, -0.05) is 24.4 Å². The SMILES string of the molecule is Nc1cc(Cl)cc(C(=O)NCC2CCCCC2O)c1. The molecule has 2 atom stereocenters. The lowest BCUT2D eigenvalue weighted by molar-refractivity contribution is 0.0663. The number of amides is 1. The highest BCUT2D eigenvalue weighted by molar-refractivity contribution is 6.31. The molecule has 4 N–H and O–H groups in total. The molecule has 0 bridgehead atoms.